The zero-order valence-corrected chi connectivity index (χ0v) is 25.8. The Morgan fingerprint density at radius 2 is 0.915 bits per heavy atom. The third-order valence-electron chi connectivity index (χ3n) is 6.77. The molecule has 6 rings (SSSR count). The number of nitriles is 2. The van der Waals surface area contributed by atoms with Crippen LogP contribution in [0.3, 0.4) is 0 Å². The number of imidazole rings is 2. The highest BCUT2D eigenvalue weighted by Crippen LogP contribution is 2.30. The van der Waals surface area contributed by atoms with Gasteiger partial charge in [0, 0.05) is 24.8 Å². The van der Waals surface area contributed by atoms with E-state index in [1.165, 1.54) is 144 Å². The van der Waals surface area contributed by atoms with Gasteiger partial charge >= 0.3 is 0 Å². The van der Waals surface area contributed by atoms with Crippen molar-refractivity contribution in [1.29, 1.82) is 10.5 Å². The molecule has 0 saturated heterocycles. The topological polar surface area (TPSA) is 167 Å². The van der Waals surface area contributed by atoms with Crippen molar-refractivity contribution in [3.05, 3.63) is 146 Å². The summed E-state index contributed by atoms with van der Waals surface area (Å²) in [6, 6.07) is 27.7. The van der Waals surface area contributed by atoms with E-state index in [9.17, 15) is 16.8 Å². The van der Waals surface area contributed by atoms with Gasteiger partial charge in [-0.25, -0.2) is 19.3 Å². The molecule has 0 N–H and O–H groups in total. The van der Waals surface area contributed by atoms with Gasteiger partial charge in [0.1, 0.15) is 24.2 Å². The maximum Gasteiger partial charge on any atom is 0.282 e. The first-order chi connectivity index (χ1) is 22.7. The van der Waals surface area contributed by atoms with E-state index < -0.39 is 20.0 Å². The lowest BCUT2D eigenvalue weighted by Crippen LogP contribution is -2.35. The van der Waals surface area contributed by atoms with E-state index in [0.29, 0.717) is 34.0 Å². The van der Waals surface area contributed by atoms with Gasteiger partial charge < -0.3 is 4.74 Å². The highest BCUT2D eigenvalue weighted by atomic mass is 32.2. The second-order valence-corrected chi connectivity index (χ2v) is 13.3. The Bertz CT molecular complexity index is 2130. The molecular weight excluding hydrogens is 641 g/mol. The molecular formula is C32H22N8O5S2. The second-order valence-electron chi connectivity index (χ2n) is 9.74. The van der Waals surface area contributed by atoms with Crippen LogP contribution < -0.4 is 13.6 Å². The number of rotatable bonds is 10. The van der Waals surface area contributed by atoms with Crippen molar-refractivity contribution in [2.75, 3.05) is 8.83 Å². The first-order valence-electron chi connectivity index (χ1n) is 13.7. The molecule has 13 nitrogen and oxygen atoms in total. The van der Waals surface area contributed by atoms with Gasteiger partial charge in [-0.2, -0.15) is 36.2 Å². The Kier molecular flexibility index (Phi) is 8.15. The van der Waals surface area contributed by atoms with Gasteiger partial charge in [0.2, 0.25) is 0 Å². The quantitative estimate of drug-likeness (QED) is 0.198. The number of nitrogens with zero attached hydrogens (tertiary/aromatic N) is 8. The smallest absolute Gasteiger partial charge is 0.282 e. The van der Waals surface area contributed by atoms with Crippen molar-refractivity contribution in [2.24, 2.45) is 0 Å². The number of hydrogen-bond donors (Lipinski definition) is 0. The van der Waals surface area contributed by atoms with Crippen molar-refractivity contribution < 1.29 is 21.6 Å². The summed E-state index contributed by atoms with van der Waals surface area (Å²) in [4.78, 5) is 7.86. The third-order valence-corrected chi connectivity index (χ3v) is 10.2. The highest BCUT2D eigenvalue weighted by Gasteiger charge is 2.28. The summed E-state index contributed by atoms with van der Waals surface area (Å²) < 4.78 is 65.6. The lowest BCUT2D eigenvalue weighted by Gasteiger charge is -2.25. The molecule has 0 amide bonds. The molecule has 2 aromatic heterocycles. The molecule has 0 atom stereocenters. The van der Waals surface area contributed by atoms with E-state index in [0.717, 1.165) is 8.83 Å². The summed E-state index contributed by atoms with van der Waals surface area (Å²) in [5.41, 5.74) is 1.35. The minimum absolute atomic E-state index is 0.0354. The number of anilines is 2. The first kappa shape index (κ1) is 30.6. The average Bonchev–Trinajstić information content (AvgIpc) is 3.82. The number of benzene rings is 4. The maximum atomic E-state index is 13.8. The van der Waals surface area contributed by atoms with Gasteiger partial charge in [-0.1, -0.05) is 0 Å². The van der Waals surface area contributed by atoms with Gasteiger partial charge in [-0.05, 0) is 97.1 Å². The minimum Gasteiger partial charge on any atom is -0.457 e. The molecule has 0 unspecified atom stereocenters. The van der Waals surface area contributed by atoms with Gasteiger partial charge in [-0.15, -0.1) is 0 Å². The summed E-state index contributed by atoms with van der Waals surface area (Å²) in [5, 5.41) is 18.3. The number of hydrogen-bond acceptors (Lipinski definition) is 9. The Balaban J connectivity index is 1.23. The molecule has 0 aliphatic rings. The van der Waals surface area contributed by atoms with E-state index in [1.54, 1.807) is 0 Å². The maximum absolute atomic E-state index is 13.8. The van der Waals surface area contributed by atoms with Crippen LogP contribution in [0.4, 0.5) is 11.4 Å². The van der Waals surface area contributed by atoms with Gasteiger partial charge in [0.25, 0.3) is 20.0 Å². The fourth-order valence-corrected chi connectivity index (χ4v) is 7.38. The van der Waals surface area contributed by atoms with Crippen LogP contribution in [0.5, 0.6) is 11.5 Å². The second kappa shape index (κ2) is 12.5. The molecule has 0 fully saturated rings. The molecule has 6 aromatic rings. The van der Waals surface area contributed by atoms with Crippen LogP contribution in [0.15, 0.2) is 144 Å². The van der Waals surface area contributed by atoms with Gasteiger partial charge in [-0.3, -0.25) is 0 Å². The van der Waals surface area contributed by atoms with Crippen molar-refractivity contribution in [1.82, 2.24) is 19.3 Å². The predicted molar refractivity (Wildman–Crippen MR) is 170 cm³/mol. The van der Waals surface area contributed by atoms with Crippen molar-refractivity contribution in [3.8, 4) is 23.6 Å². The highest BCUT2D eigenvalue weighted by molar-refractivity contribution is 7.93. The van der Waals surface area contributed by atoms with E-state index >= 15 is 0 Å². The van der Waals surface area contributed by atoms with Crippen molar-refractivity contribution in [3.63, 3.8) is 0 Å². The monoisotopic (exact) mass is 662 g/mol. The Hall–Kier alpha value is -6.42. The molecule has 2 heterocycles. The Morgan fingerprint density at radius 1 is 0.553 bits per heavy atom. The molecule has 47 heavy (non-hydrogen) atoms. The standard InChI is InChI=1S/C32H22N8O5S2/c33-21-25-1-5-27(6-2-25)39(37-19-17-35-23-37)46(41,42)31-13-9-29(10-14-31)45-30-11-15-32(16-12-30)47(43,44)40(38-20-18-36-24-38)28-7-3-26(22-34)4-8-28/h1-20,23-24H. The number of ether oxygens (including phenoxy) is 1. The zero-order valence-electron chi connectivity index (χ0n) is 24.1. The molecule has 0 radical (unpaired) electrons. The van der Waals surface area contributed by atoms with Gasteiger partial charge in [0.15, 0.2) is 0 Å². The van der Waals surface area contributed by atoms with Crippen LogP contribution >= 0.6 is 0 Å². The summed E-state index contributed by atoms with van der Waals surface area (Å²) in [5.74, 6) is 0.620. The molecule has 15 heteroatoms. The van der Waals surface area contributed by atoms with Crippen LogP contribution in [0.25, 0.3) is 0 Å². The summed E-state index contributed by atoms with van der Waals surface area (Å²) in [7, 11) is -8.28. The van der Waals surface area contributed by atoms with Crippen LogP contribution in [0.2, 0.25) is 0 Å². The molecule has 0 saturated carbocycles. The predicted octanol–water partition coefficient (Wildman–Crippen LogP) is 4.93. The molecule has 0 aliphatic heterocycles. The van der Waals surface area contributed by atoms with E-state index in [1.807, 2.05) is 12.1 Å². The zero-order chi connectivity index (χ0) is 33.0. The van der Waals surface area contributed by atoms with Crippen LogP contribution in [0, 0.1) is 22.7 Å². The fraction of sp³-hybridized carbons (Fsp3) is 0. The lowest BCUT2D eigenvalue weighted by atomic mass is 10.2. The molecule has 0 aliphatic carbocycles. The summed E-state index contributed by atoms with van der Waals surface area (Å²) >= 11 is 0. The Labute approximate surface area is 270 Å². The van der Waals surface area contributed by atoms with Crippen molar-refractivity contribution in [2.45, 2.75) is 9.79 Å². The molecule has 0 spiro atoms. The average molecular weight is 663 g/mol. The summed E-state index contributed by atoms with van der Waals surface area (Å²) in [6.45, 7) is 0. The van der Waals surface area contributed by atoms with E-state index in [-0.39, 0.29) is 9.79 Å². The van der Waals surface area contributed by atoms with Crippen LogP contribution in [-0.2, 0) is 20.0 Å². The third kappa shape index (κ3) is 6.12. The lowest BCUT2D eigenvalue weighted by molar-refractivity contribution is 0.481. The molecule has 232 valence electrons. The fourth-order valence-electron chi connectivity index (χ4n) is 4.53. The van der Waals surface area contributed by atoms with Crippen molar-refractivity contribution >= 4 is 31.4 Å². The number of sulfonamides is 2. The van der Waals surface area contributed by atoms with E-state index in [4.69, 9.17) is 15.3 Å². The normalized spacial score (nSPS) is 11.3. The summed E-state index contributed by atoms with van der Waals surface area (Å²) in [6.07, 6.45) is 8.54. The Morgan fingerprint density at radius 3 is 1.21 bits per heavy atom. The molecule has 4 aromatic carbocycles. The first-order valence-corrected chi connectivity index (χ1v) is 16.5. The van der Waals surface area contributed by atoms with Gasteiger partial charge in [0.05, 0.1) is 44.4 Å². The SMILES string of the molecule is N#Cc1ccc(N(n2ccnc2)S(=O)(=O)c2ccc(Oc3ccc(S(=O)(=O)N(c4ccc(C#N)cc4)n4ccnc4)cc3)cc2)cc1. The van der Waals surface area contributed by atoms with Crippen LogP contribution in [0.1, 0.15) is 11.1 Å². The largest absolute Gasteiger partial charge is 0.457 e. The minimum atomic E-state index is -4.14. The molecule has 0 bridgehead atoms. The van der Waals surface area contributed by atoms with Crippen LogP contribution in [-0.4, -0.2) is 36.2 Å². The van der Waals surface area contributed by atoms with E-state index in [2.05, 4.69) is 9.97 Å². The number of aromatic nitrogens is 4.